The maximum Gasteiger partial charge on any atom is 0.285 e. The summed E-state index contributed by atoms with van der Waals surface area (Å²) in [5.41, 5.74) is 3.15. The molecule has 0 spiro atoms. The predicted octanol–water partition coefficient (Wildman–Crippen LogP) is 2.29. The zero-order valence-electron chi connectivity index (χ0n) is 11.1. The Morgan fingerprint density at radius 2 is 2.14 bits per heavy atom. The molecule has 0 aliphatic carbocycles. The monoisotopic (exact) mass is 340 g/mol. The number of anilines is 1. The number of H-pyrrole nitrogens is 1. The molecular weight excluding hydrogens is 331 g/mol. The highest BCUT2D eigenvalue weighted by atomic mass is 35.5. The van der Waals surface area contributed by atoms with Gasteiger partial charge in [0, 0.05) is 0 Å². The first-order chi connectivity index (χ1) is 10.6. The maximum absolute atomic E-state index is 11.3. The van der Waals surface area contributed by atoms with E-state index in [0.717, 1.165) is 0 Å². The molecule has 1 aromatic carbocycles. The molecular formula is C13H10Cl2N4O3. The number of nitrogens with one attached hydrogen (secondary N) is 2. The van der Waals surface area contributed by atoms with Gasteiger partial charge in [0.05, 0.1) is 17.4 Å². The van der Waals surface area contributed by atoms with Crippen LogP contribution in [0, 0.1) is 0 Å². The number of hydrogen-bond acceptors (Lipinski definition) is 6. The van der Waals surface area contributed by atoms with Crippen molar-refractivity contribution in [1.82, 2.24) is 10.2 Å². The Hall–Kier alpha value is -2.25. The molecule has 0 fully saturated rings. The van der Waals surface area contributed by atoms with Crippen molar-refractivity contribution in [3.05, 3.63) is 44.3 Å². The normalized spacial score (nSPS) is 13.4. The van der Waals surface area contributed by atoms with Crippen LogP contribution in [-0.4, -0.2) is 29.6 Å². The second-order valence-corrected chi connectivity index (χ2v) is 5.11. The predicted molar refractivity (Wildman–Crippen MR) is 83.5 cm³/mol. The van der Waals surface area contributed by atoms with E-state index in [-0.39, 0.29) is 5.02 Å². The van der Waals surface area contributed by atoms with E-state index < -0.39 is 5.56 Å². The van der Waals surface area contributed by atoms with Gasteiger partial charge in [-0.2, -0.15) is 10.2 Å². The third kappa shape index (κ3) is 3.00. The van der Waals surface area contributed by atoms with Crippen molar-refractivity contribution in [2.75, 3.05) is 18.6 Å². The number of halogens is 2. The van der Waals surface area contributed by atoms with Crippen molar-refractivity contribution >= 4 is 35.1 Å². The minimum Gasteiger partial charge on any atom is -0.486 e. The summed E-state index contributed by atoms with van der Waals surface area (Å²) in [6.45, 7) is 0.937. The molecule has 9 heteroatoms. The molecule has 7 nitrogen and oxygen atoms in total. The fraction of sp³-hybridized carbons (Fsp3) is 0.154. The Morgan fingerprint density at radius 3 is 3.00 bits per heavy atom. The maximum atomic E-state index is 11.3. The number of rotatable bonds is 3. The summed E-state index contributed by atoms with van der Waals surface area (Å²) in [6, 6.07) is 3.45. The number of hydrazone groups is 1. The van der Waals surface area contributed by atoms with E-state index in [1.54, 1.807) is 12.1 Å². The third-order valence-corrected chi connectivity index (χ3v) is 3.47. The molecule has 0 saturated heterocycles. The van der Waals surface area contributed by atoms with Gasteiger partial charge in [-0.25, -0.2) is 5.10 Å². The van der Waals surface area contributed by atoms with Gasteiger partial charge in [0.1, 0.15) is 23.9 Å². The average molecular weight is 341 g/mol. The van der Waals surface area contributed by atoms with E-state index in [1.807, 2.05) is 0 Å². The molecule has 2 aromatic rings. The topological polar surface area (TPSA) is 88.6 Å². The molecule has 2 N–H and O–H groups in total. The van der Waals surface area contributed by atoms with Gasteiger partial charge in [-0.3, -0.25) is 10.2 Å². The molecule has 114 valence electrons. The number of aromatic amines is 1. The average Bonchev–Trinajstić information content (AvgIpc) is 2.52. The molecule has 1 aromatic heterocycles. The van der Waals surface area contributed by atoms with E-state index in [4.69, 9.17) is 32.7 Å². The van der Waals surface area contributed by atoms with E-state index >= 15 is 0 Å². The van der Waals surface area contributed by atoms with Crippen molar-refractivity contribution in [1.29, 1.82) is 0 Å². The fourth-order valence-electron chi connectivity index (χ4n) is 1.84. The summed E-state index contributed by atoms with van der Waals surface area (Å²) in [5, 5.41) is 10.3. The van der Waals surface area contributed by atoms with Gasteiger partial charge < -0.3 is 9.47 Å². The lowest BCUT2D eigenvalue weighted by atomic mass is 10.2. The lowest BCUT2D eigenvalue weighted by molar-refractivity contribution is 0.171. The summed E-state index contributed by atoms with van der Waals surface area (Å²) in [5.74, 6) is 1.09. The summed E-state index contributed by atoms with van der Waals surface area (Å²) in [7, 11) is 0. The van der Waals surface area contributed by atoms with Gasteiger partial charge in [-0.1, -0.05) is 23.2 Å². The smallest absolute Gasteiger partial charge is 0.285 e. The van der Waals surface area contributed by atoms with E-state index in [2.05, 4.69) is 20.7 Å². The molecule has 0 amide bonds. The van der Waals surface area contributed by atoms with Crippen molar-refractivity contribution in [3.63, 3.8) is 0 Å². The Kier molecular flexibility index (Phi) is 4.17. The number of benzene rings is 1. The SMILES string of the molecule is O=c1[nH]ncc(N/N=C\c2cc(Cl)c3c(c2)OCCO3)c1Cl. The summed E-state index contributed by atoms with van der Waals surface area (Å²) >= 11 is 11.9. The number of ether oxygens (including phenoxy) is 2. The van der Waals surface area contributed by atoms with Gasteiger partial charge in [0.25, 0.3) is 5.56 Å². The van der Waals surface area contributed by atoms with Crippen LogP contribution >= 0.6 is 23.2 Å². The highest BCUT2D eigenvalue weighted by Gasteiger charge is 2.16. The minimum absolute atomic E-state index is 0.0210. The highest BCUT2D eigenvalue weighted by Crippen LogP contribution is 2.37. The molecule has 0 radical (unpaired) electrons. The van der Waals surface area contributed by atoms with Crippen LogP contribution in [0.5, 0.6) is 11.5 Å². The van der Waals surface area contributed by atoms with Gasteiger partial charge in [0.2, 0.25) is 0 Å². The number of fused-ring (bicyclic) bond motifs is 1. The lowest BCUT2D eigenvalue weighted by Crippen LogP contribution is -2.15. The van der Waals surface area contributed by atoms with Crippen LogP contribution in [0.3, 0.4) is 0 Å². The van der Waals surface area contributed by atoms with Gasteiger partial charge in [-0.15, -0.1) is 0 Å². The number of hydrogen-bond donors (Lipinski definition) is 2. The van der Waals surface area contributed by atoms with Crippen molar-refractivity contribution in [2.24, 2.45) is 5.10 Å². The van der Waals surface area contributed by atoms with Crippen LogP contribution in [0.4, 0.5) is 5.69 Å². The molecule has 1 aliphatic rings. The van der Waals surface area contributed by atoms with E-state index in [9.17, 15) is 4.79 Å². The second kappa shape index (κ2) is 6.25. The first kappa shape index (κ1) is 14.7. The first-order valence-electron chi connectivity index (χ1n) is 6.26. The highest BCUT2D eigenvalue weighted by molar-refractivity contribution is 6.33. The standard InChI is InChI=1S/C13H10Cl2N4O3/c14-8-3-7(4-10-12(8)22-2-1-21-10)5-16-18-9-6-17-19-13(20)11(9)15/h3-6H,1-2H2,(H2,18,19,20)/b16-5-. The second-order valence-electron chi connectivity index (χ2n) is 4.32. The van der Waals surface area contributed by atoms with Gasteiger partial charge in [0.15, 0.2) is 11.5 Å². The van der Waals surface area contributed by atoms with Crippen LogP contribution in [0.2, 0.25) is 10.0 Å². The van der Waals surface area contributed by atoms with Crippen molar-refractivity contribution in [2.45, 2.75) is 0 Å². The Labute approximate surface area is 134 Å². The van der Waals surface area contributed by atoms with Gasteiger partial charge in [-0.05, 0) is 17.7 Å². The number of nitrogens with zero attached hydrogens (tertiary/aromatic N) is 2. The van der Waals surface area contributed by atoms with Crippen LogP contribution in [0.25, 0.3) is 0 Å². The van der Waals surface area contributed by atoms with Crippen molar-refractivity contribution < 1.29 is 9.47 Å². The summed E-state index contributed by atoms with van der Waals surface area (Å²) in [4.78, 5) is 11.3. The van der Waals surface area contributed by atoms with E-state index in [0.29, 0.717) is 41.0 Å². The molecule has 0 atom stereocenters. The molecule has 22 heavy (non-hydrogen) atoms. The first-order valence-corrected chi connectivity index (χ1v) is 7.02. The largest absolute Gasteiger partial charge is 0.486 e. The van der Waals surface area contributed by atoms with Crippen LogP contribution in [0.15, 0.2) is 28.2 Å². The zero-order valence-corrected chi connectivity index (χ0v) is 12.6. The molecule has 2 heterocycles. The Morgan fingerprint density at radius 1 is 1.32 bits per heavy atom. The van der Waals surface area contributed by atoms with Crippen LogP contribution in [0.1, 0.15) is 5.56 Å². The van der Waals surface area contributed by atoms with E-state index in [1.165, 1.54) is 12.4 Å². The van der Waals surface area contributed by atoms with Crippen molar-refractivity contribution in [3.8, 4) is 11.5 Å². The molecule has 0 unspecified atom stereocenters. The minimum atomic E-state index is -0.496. The fourth-order valence-corrected chi connectivity index (χ4v) is 2.25. The molecule has 0 bridgehead atoms. The van der Waals surface area contributed by atoms with Crippen LogP contribution < -0.4 is 20.5 Å². The third-order valence-electron chi connectivity index (χ3n) is 2.81. The quantitative estimate of drug-likeness (QED) is 0.661. The zero-order chi connectivity index (χ0) is 15.5. The summed E-state index contributed by atoms with van der Waals surface area (Å²) in [6.07, 6.45) is 2.87. The molecule has 0 saturated carbocycles. The van der Waals surface area contributed by atoms with Crippen LogP contribution in [-0.2, 0) is 0 Å². The number of aromatic nitrogens is 2. The Balaban J connectivity index is 1.80. The molecule has 1 aliphatic heterocycles. The Bertz CT molecular complexity index is 791. The summed E-state index contributed by atoms with van der Waals surface area (Å²) < 4.78 is 10.9. The lowest BCUT2D eigenvalue weighted by Gasteiger charge is -2.19. The molecule has 3 rings (SSSR count). The van der Waals surface area contributed by atoms with Gasteiger partial charge >= 0.3 is 0 Å².